The van der Waals surface area contributed by atoms with Crippen LogP contribution in [0.1, 0.15) is 12.7 Å². The Kier molecular flexibility index (Phi) is 3.96. The second kappa shape index (κ2) is 6.05. The molecular weight excluding hydrogens is 286 g/mol. The highest BCUT2D eigenvalue weighted by atomic mass is 32.2. The van der Waals surface area contributed by atoms with E-state index in [1.165, 1.54) is 11.8 Å². The second-order valence-corrected chi connectivity index (χ2v) is 5.90. The molecule has 1 atom stereocenters. The molecule has 0 aliphatic rings. The predicted octanol–water partition coefficient (Wildman–Crippen LogP) is 2.72. The van der Waals surface area contributed by atoms with E-state index in [0.717, 1.165) is 16.4 Å². The van der Waals surface area contributed by atoms with Crippen LogP contribution in [0.3, 0.4) is 0 Å². The molecule has 0 aromatic carbocycles. The van der Waals surface area contributed by atoms with Gasteiger partial charge in [-0.15, -0.1) is 0 Å². The Bertz CT molecular complexity index is 736. The number of nitrogens with zero attached hydrogens (tertiary/aromatic N) is 2. The van der Waals surface area contributed by atoms with Crippen molar-refractivity contribution < 1.29 is 9.21 Å². The summed E-state index contributed by atoms with van der Waals surface area (Å²) in [6.07, 6.45) is 5.34. The summed E-state index contributed by atoms with van der Waals surface area (Å²) in [5.74, 6) is 0.705. The van der Waals surface area contributed by atoms with E-state index in [0.29, 0.717) is 6.54 Å². The lowest BCUT2D eigenvalue weighted by atomic mass is 10.4. The van der Waals surface area contributed by atoms with Crippen LogP contribution < -0.4 is 5.32 Å². The normalized spacial score (nSPS) is 12.4. The maximum Gasteiger partial charge on any atom is 0.233 e. The highest BCUT2D eigenvalue weighted by Gasteiger charge is 2.17. The SMILES string of the molecule is C[C@@H](Sc1ncc2ccccn12)C(=O)NCc1ccco1. The van der Waals surface area contributed by atoms with Crippen LogP contribution in [0.15, 0.2) is 58.6 Å². The van der Waals surface area contributed by atoms with E-state index in [1.807, 2.05) is 41.8 Å². The topological polar surface area (TPSA) is 59.5 Å². The largest absolute Gasteiger partial charge is 0.467 e. The number of carbonyl (C=O) groups is 1. The van der Waals surface area contributed by atoms with Gasteiger partial charge in [-0.05, 0) is 31.2 Å². The minimum absolute atomic E-state index is 0.0379. The fraction of sp³-hybridized carbons (Fsp3) is 0.200. The van der Waals surface area contributed by atoms with Crippen molar-refractivity contribution in [1.82, 2.24) is 14.7 Å². The van der Waals surface area contributed by atoms with Gasteiger partial charge in [0.25, 0.3) is 0 Å². The molecule has 0 saturated carbocycles. The van der Waals surface area contributed by atoms with Gasteiger partial charge in [0.2, 0.25) is 5.91 Å². The highest BCUT2D eigenvalue weighted by molar-refractivity contribution is 8.00. The number of hydrogen-bond donors (Lipinski definition) is 1. The van der Waals surface area contributed by atoms with Crippen LogP contribution in [0.5, 0.6) is 0 Å². The number of rotatable bonds is 5. The van der Waals surface area contributed by atoms with Crippen molar-refractivity contribution in [2.45, 2.75) is 23.9 Å². The van der Waals surface area contributed by atoms with Crippen LogP contribution in [-0.4, -0.2) is 20.5 Å². The molecule has 0 aliphatic heterocycles. The molecule has 108 valence electrons. The van der Waals surface area contributed by atoms with Crippen LogP contribution in [0.4, 0.5) is 0 Å². The molecule has 0 saturated heterocycles. The number of pyridine rings is 1. The number of fused-ring (bicyclic) bond motifs is 1. The number of thioether (sulfide) groups is 1. The second-order valence-electron chi connectivity index (χ2n) is 4.59. The predicted molar refractivity (Wildman–Crippen MR) is 81.1 cm³/mol. The lowest BCUT2D eigenvalue weighted by Gasteiger charge is -2.10. The van der Waals surface area contributed by atoms with Gasteiger partial charge in [0.05, 0.1) is 29.8 Å². The standard InChI is InChI=1S/C15H15N3O2S/c1-11(14(19)16-10-13-6-4-8-20-13)21-15-17-9-12-5-2-3-7-18(12)15/h2-9,11H,10H2,1H3,(H,16,19)/t11-/m1/s1. The van der Waals surface area contributed by atoms with Gasteiger partial charge in [0.15, 0.2) is 5.16 Å². The lowest BCUT2D eigenvalue weighted by Crippen LogP contribution is -2.30. The molecule has 1 amide bonds. The summed E-state index contributed by atoms with van der Waals surface area (Å²) < 4.78 is 7.16. The number of nitrogens with one attached hydrogen (secondary N) is 1. The summed E-state index contributed by atoms with van der Waals surface area (Å²) in [6, 6.07) is 9.53. The van der Waals surface area contributed by atoms with Gasteiger partial charge < -0.3 is 9.73 Å². The van der Waals surface area contributed by atoms with Crippen LogP contribution in [0, 0.1) is 0 Å². The van der Waals surface area contributed by atoms with E-state index in [1.54, 1.807) is 18.5 Å². The van der Waals surface area contributed by atoms with Crippen molar-refractivity contribution in [3.8, 4) is 0 Å². The first kappa shape index (κ1) is 13.8. The summed E-state index contributed by atoms with van der Waals surface area (Å²) in [6.45, 7) is 2.27. The lowest BCUT2D eigenvalue weighted by molar-refractivity contribution is -0.120. The molecule has 3 rings (SSSR count). The van der Waals surface area contributed by atoms with Gasteiger partial charge in [-0.1, -0.05) is 17.8 Å². The molecule has 21 heavy (non-hydrogen) atoms. The summed E-state index contributed by atoms with van der Waals surface area (Å²) in [7, 11) is 0. The molecule has 5 nitrogen and oxygen atoms in total. The fourth-order valence-corrected chi connectivity index (χ4v) is 2.85. The maximum atomic E-state index is 12.1. The van der Waals surface area contributed by atoms with Gasteiger partial charge in [0, 0.05) is 6.20 Å². The van der Waals surface area contributed by atoms with Crippen LogP contribution >= 0.6 is 11.8 Å². The molecule has 6 heteroatoms. The van der Waals surface area contributed by atoms with Crippen molar-refractivity contribution in [3.05, 3.63) is 54.7 Å². The van der Waals surface area contributed by atoms with Crippen LogP contribution in [0.25, 0.3) is 5.52 Å². The maximum absolute atomic E-state index is 12.1. The summed E-state index contributed by atoms with van der Waals surface area (Å²) in [5.41, 5.74) is 1.02. The number of aromatic nitrogens is 2. The third-order valence-electron chi connectivity index (χ3n) is 3.07. The van der Waals surface area contributed by atoms with Gasteiger partial charge in [-0.3, -0.25) is 9.20 Å². The molecule has 0 radical (unpaired) electrons. The molecule has 0 unspecified atom stereocenters. The first-order chi connectivity index (χ1) is 10.2. The molecular formula is C15H15N3O2S. The summed E-state index contributed by atoms with van der Waals surface area (Å²) in [5, 5.41) is 3.44. The number of carbonyl (C=O) groups excluding carboxylic acids is 1. The third-order valence-corrected chi connectivity index (χ3v) is 4.15. The van der Waals surface area contributed by atoms with Crippen molar-refractivity contribution in [3.63, 3.8) is 0 Å². The Morgan fingerprint density at radius 1 is 1.43 bits per heavy atom. The fourth-order valence-electron chi connectivity index (χ4n) is 1.95. The molecule has 3 heterocycles. The number of amides is 1. The van der Waals surface area contributed by atoms with Crippen molar-refractivity contribution in [1.29, 1.82) is 0 Å². The molecule has 0 fully saturated rings. The minimum atomic E-state index is -0.231. The quantitative estimate of drug-likeness (QED) is 0.736. The van der Waals surface area contributed by atoms with E-state index in [9.17, 15) is 4.79 Å². The zero-order valence-electron chi connectivity index (χ0n) is 11.5. The Morgan fingerprint density at radius 3 is 3.14 bits per heavy atom. The van der Waals surface area contributed by atoms with E-state index < -0.39 is 0 Å². The van der Waals surface area contributed by atoms with E-state index in [4.69, 9.17) is 4.42 Å². The Labute approximate surface area is 126 Å². The van der Waals surface area contributed by atoms with Gasteiger partial charge in [-0.2, -0.15) is 0 Å². The monoisotopic (exact) mass is 301 g/mol. The highest BCUT2D eigenvalue weighted by Crippen LogP contribution is 2.23. The Hall–Kier alpha value is -2.21. The van der Waals surface area contributed by atoms with Crippen molar-refractivity contribution in [2.75, 3.05) is 0 Å². The molecule has 0 spiro atoms. The van der Waals surface area contributed by atoms with Crippen LogP contribution in [0.2, 0.25) is 0 Å². The Morgan fingerprint density at radius 2 is 2.33 bits per heavy atom. The molecule has 0 bridgehead atoms. The number of imidazole rings is 1. The smallest absolute Gasteiger partial charge is 0.233 e. The Balaban J connectivity index is 1.62. The summed E-state index contributed by atoms with van der Waals surface area (Å²) in [4.78, 5) is 16.4. The zero-order valence-corrected chi connectivity index (χ0v) is 12.3. The average molecular weight is 301 g/mol. The van der Waals surface area contributed by atoms with E-state index in [-0.39, 0.29) is 11.2 Å². The molecule has 3 aromatic heterocycles. The van der Waals surface area contributed by atoms with E-state index in [2.05, 4.69) is 10.3 Å². The van der Waals surface area contributed by atoms with Crippen LogP contribution in [-0.2, 0) is 11.3 Å². The zero-order chi connectivity index (χ0) is 14.7. The minimum Gasteiger partial charge on any atom is -0.467 e. The first-order valence-corrected chi connectivity index (χ1v) is 7.51. The van der Waals surface area contributed by atoms with E-state index >= 15 is 0 Å². The number of furan rings is 1. The number of hydrogen-bond acceptors (Lipinski definition) is 4. The first-order valence-electron chi connectivity index (χ1n) is 6.63. The van der Waals surface area contributed by atoms with Crippen molar-refractivity contribution in [2.24, 2.45) is 0 Å². The molecule has 3 aromatic rings. The van der Waals surface area contributed by atoms with Gasteiger partial charge >= 0.3 is 0 Å². The third kappa shape index (κ3) is 3.11. The van der Waals surface area contributed by atoms with Gasteiger partial charge in [0.1, 0.15) is 5.76 Å². The summed E-state index contributed by atoms with van der Waals surface area (Å²) >= 11 is 1.43. The average Bonchev–Trinajstić information content (AvgIpc) is 3.15. The van der Waals surface area contributed by atoms with Crippen molar-refractivity contribution >= 4 is 23.2 Å². The van der Waals surface area contributed by atoms with Gasteiger partial charge in [-0.25, -0.2) is 4.98 Å². The molecule has 0 aliphatic carbocycles. The molecule has 1 N–H and O–H groups in total.